The monoisotopic (exact) mass is 365 g/mol. The molecular formula is C18H17Cl2NO3. The van der Waals surface area contributed by atoms with Gasteiger partial charge in [-0.3, -0.25) is 14.6 Å². The fraction of sp³-hybridized carbons (Fsp3) is 0.278. The summed E-state index contributed by atoms with van der Waals surface area (Å²) in [5.41, 5.74) is 1.18. The highest BCUT2D eigenvalue weighted by Crippen LogP contribution is 2.29. The molecule has 2 atom stereocenters. The van der Waals surface area contributed by atoms with E-state index in [4.69, 9.17) is 27.9 Å². The number of benzene rings is 1. The first-order valence-electron chi connectivity index (χ1n) is 7.40. The zero-order valence-electron chi connectivity index (χ0n) is 13.3. The lowest BCUT2D eigenvalue weighted by Crippen LogP contribution is -2.21. The van der Waals surface area contributed by atoms with Crippen LogP contribution in [0.4, 0.5) is 0 Å². The molecule has 1 aromatic carbocycles. The lowest BCUT2D eigenvalue weighted by molar-refractivity contribution is -0.145. The summed E-state index contributed by atoms with van der Waals surface area (Å²) in [6.07, 6.45) is 3.39. The van der Waals surface area contributed by atoms with Crippen LogP contribution in [0.2, 0.25) is 10.0 Å². The first-order valence-corrected chi connectivity index (χ1v) is 8.16. The number of ether oxygens (including phenoxy) is 1. The summed E-state index contributed by atoms with van der Waals surface area (Å²) in [5, 5.41) is 0.988. The molecule has 0 aliphatic carbocycles. The van der Waals surface area contributed by atoms with E-state index in [0.717, 1.165) is 0 Å². The van der Waals surface area contributed by atoms with Gasteiger partial charge < -0.3 is 4.74 Å². The van der Waals surface area contributed by atoms with Gasteiger partial charge in [0.15, 0.2) is 5.78 Å². The number of aromatic nitrogens is 1. The van der Waals surface area contributed by atoms with Crippen molar-refractivity contribution < 1.29 is 14.3 Å². The smallest absolute Gasteiger partial charge is 0.308 e. The molecule has 0 N–H and O–H groups in total. The van der Waals surface area contributed by atoms with Crippen LogP contribution in [0, 0.1) is 5.92 Å². The molecule has 4 nitrogen and oxygen atoms in total. The van der Waals surface area contributed by atoms with Crippen LogP contribution >= 0.6 is 23.2 Å². The summed E-state index contributed by atoms with van der Waals surface area (Å²) in [6, 6.07) is 8.34. The summed E-state index contributed by atoms with van der Waals surface area (Å²) in [7, 11) is 1.33. The number of halogens is 2. The van der Waals surface area contributed by atoms with Crippen LogP contribution in [0.1, 0.15) is 35.2 Å². The second-order valence-electron chi connectivity index (χ2n) is 5.52. The predicted octanol–water partition coefficient (Wildman–Crippen LogP) is 4.55. The van der Waals surface area contributed by atoms with Gasteiger partial charge in [0, 0.05) is 28.9 Å². The van der Waals surface area contributed by atoms with Crippen molar-refractivity contribution in [3.63, 3.8) is 0 Å². The normalized spacial score (nSPS) is 13.2. The minimum atomic E-state index is -0.550. The van der Waals surface area contributed by atoms with Gasteiger partial charge in [0.25, 0.3) is 0 Å². The maximum atomic E-state index is 12.9. The van der Waals surface area contributed by atoms with E-state index in [9.17, 15) is 9.59 Å². The SMILES string of the molecule is COC(=O)C(C)CC(C(=O)c1ccc(Cl)cc1)c1cncc(Cl)c1. The minimum absolute atomic E-state index is 0.119. The van der Waals surface area contributed by atoms with Gasteiger partial charge in [0.1, 0.15) is 0 Å². The molecular weight excluding hydrogens is 349 g/mol. The van der Waals surface area contributed by atoms with Crippen LogP contribution in [0.15, 0.2) is 42.7 Å². The molecule has 0 aliphatic heterocycles. The molecule has 0 saturated carbocycles. The molecule has 6 heteroatoms. The van der Waals surface area contributed by atoms with Crippen molar-refractivity contribution in [2.75, 3.05) is 7.11 Å². The second-order valence-corrected chi connectivity index (χ2v) is 6.39. The largest absolute Gasteiger partial charge is 0.469 e. The number of pyridine rings is 1. The Morgan fingerprint density at radius 2 is 1.79 bits per heavy atom. The molecule has 2 rings (SSSR count). The molecule has 1 aromatic heterocycles. The van der Waals surface area contributed by atoms with Crippen LogP contribution < -0.4 is 0 Å². The third-order valence-electron chi connectivity index (χ3n) is 3.77. The number of carbonyl (C=O) groups excluding carboxylic acids is 2. The van der Waals surface area contributed by atoms with Crippen LogP contribution in [0.25, 0.3) is 0 Å². The number of nitrogens with zero attached hydrogens (tertiary/aromatic N) is 1. The van der Waals surface area contributed by atoms with Gasteiger partial charge in [-0.15, -0.1) is 0 Å². The zero-order chi connectivity index (χ0) is 17.7. The highest BCUT2D eigenvalue weighted by atomic mass is 35.5. The van der Waals surface area contributed by atoms with Crippen molar-refractivity contribution in [1.29, 1.82) is 0 Å². The van der Waals surface area contributed by atoms with Gasteiger partial charge in [-0.1, -0.05) is 30.1 Å². The molecule has 2 unspecified atom stereocenters. The maximum absolute atomic E-state index is 12.9. The fourth-order valence-corrected chi connectivity index (χ4v) is 2.79. The number of rotatable bonds is 6. The van der Waals surface area contributed by atoms with Gasteiger partial charge in [0.05, 0.1) is 18.1 Å². The van der Waals surface area contributed by atoms with Crippen molar-refractivity contribution in [2.24, 2.45) is 5.92 Å². The number of hydrogen-bond donors (Lipinski definition) is 0. The summed E-state index contributed by atoms with van der Waals surface area (Å²) >= 11 is 11.9. The summed E-state index contributed by atoms with van der Waals surface area (Å²) in [6.45, 7) is 1.73. The molecule has 0 radical (unpaired) electrons. The first kappa shape index (κ1) is 18.4. The van der Waals surface area contributed by atoms with E-state index < -0.39 is 11.8 Å². The summed E-state index contributed by atoms with van der Waals surface area (Å²) in [4.78, 5) is 28.8. The average molecular weight is 366 g/mol. The van der Waals surface area contributed by atoms with Crippen LogP contribution in [0.3, 0.4) is 0 Å². The molecule has 0 fully saturated rings. The molecule has 1 heterocycles. The maximum Gasteiger partial charge on any atom is 0.308 e. The van der Waals surface area contributed by atoms with E-state index in [2.05, 4.69) is 4.98 Å². The Morgan fingerprint density at radius 3 is 2.38 bits per heavy atom. The van der Waals surface area contributed by atoms with Gasteiger partial charge in [0.2, 0.25) is 0 Å². The molecule has 2 aromatic rings. The highest BCUT2D eigenvalue weighted by Gasteiger charge is 2.27. The minimum Gasteiger partial charge on any atom is -0.469 e. The summed E-state index contributed by atoms with van der Waals surface area (Å²) < 4.78 is 4.76. The molecule has 0 spiro atoms. The van der Waals surface area contributed by atoms with Crippen molar-refractivity contribution in [3.8, 4) is 0 Å². The lowest BCUT2D eigenvalue weighted by Gasteiger charge is -2.19. The Hall–Kier alpha value is -1.91. The third kappa shape index (κ3) is 4.56. The summed E-state index contributed by atoms with van der Waals surface area (Å²) in [5.74, 6) is -1.47. The van der Waals surface area contributed by atoms with E-state index in [0.29, 0.717) is 27.6 Å². The number of carbonyl (C=O) groups is 2. The predicted molar refractivity (Wildman–Crippen MR) is 93.6 cm³/mol. The molecule has 0 saturated heterocycles. The number of esters is 1. The number of ketones is 1. The van der Waals surface area contributed by atoms with Crippen molar-refractivity contribution in [3.05, 3.63) is 63.9 Å². The van der Waals surface area contributed by atoms with Gasteiger partial charge in [-0.05, 0) is 42.3 Å². The Balaban J connectivity index is 2.36. The van der Waals surface area contributed by atoms with E-state index in [1.807, 2.05) is 0 Å². The average Bonchev–Trinajstić information content (AvgIpc) is 2.58. The second kappa shape index (κ2) is 8.27. The molecule has 24 heavy (non-hydrogen) atoms. The van der Waals surface area contributed by atoms with E-state index >= 15 is 0 Å². The number of hydrogen-bond acceptors (Lipinski definition) is 4. The molecule has 0 bridgehead atoms. The third-order valence-corrected chi connectivity index (χ3v) is 4.23. The Morgan fingerprint density at radius 1 is 1.12 bits per heavy atom. The van der Waals surface area contributed by atoms with Gasteiger partial charge in [-0.25, -0.2) is 0 Å². The Bertz CT molecular complexity index is 731. The van der Waals surface area contributed by atoms with Crippen LogP contribution in [-0.4, -0.2) is 23.8 Å². The van der Waals surface area contributed by atoms with E-state index in [-0.39, 0.29) is 11.8 Å². The van der Waals surface area contributed by atoms with Crippen LogP contribution in [-0.2, 0) is 9.53 Å². The van der Waals surface area contributed by atoms with Crippen molar-refractivity contribution >= 4 is 35.0 Å². The molecule has 0 aliphatic rings. The number of Topliss-reactive ketones (excluding diaryl/α,β-unsaturated/α-hetero) is 1. The molecule has 0 amide bonds. The Labute approximate surface area is 150 Å². The quantitative estimate of drug-likeness (QED) is 0.556. The highest BCUT2D eigenvalue weighted by molar-refractivity contribution is 6.31. The lowest BCUT2D eigenvalue weighted by atomic mass is 9.84. The standard InChI is InChI=1S/C18H17Cl2NO3/c1-11(18(23)24-2)7-16(13-8-15(20)10-21-9-13)17(22)12-3-5-14(19)6-4-12/h3-6,8-11,16H,7H2,1-2H3. The zero-order valence-corrected chi connectivity index (χ0v) is 14.8. The molecule has 126 valence electrons. The first-order chi connectivity index (χ1) is 11.4. The van der Waals surface area contributed by atoms with Crippen molar-refractivity contribution in [1.82, 2.24) is 4.98 Å². The van der Waals surface area contributed by atoms with Crippen LogP contribution in [0.5, 0.6) is 0 Å². The number of methoxy groups -OCH3 is 1. The van der Waals surface area contributed by atoms with Gasteiger partial charge >= 0.3 is 5.97 Å². The van der Waals surface area contributed by atoms with E-state index in [1.54, 1.807) is 43.5 Å². The van der Waals surface area contributed by atoms with Gasteiger partial charge in [-0.2, -0.15) is 0 Å². The van der Waals surface area contributed by atoms with E-state index in [1.165, 1.54) is 13.3 Å². The Kier molecular flexibility index (Phi) is 6.35. The van der Waals surface area contributed by atoms with Crippen molar-refractivity contribution in [2.45, 2.75) is 19.3 Å². The fourth-order valence-electron chi connectivity index (χ4n) is 2.48. The topological polar surface area (TPSA) is 56.3 Å².